The van der Waals surface area contributed by atoms with Crippen molar-refractivity contribution in [2.24, 2.45) is 46.3 Å². The third kappa shape index (κ3) is 4.65. The Bertz CT molecular complexity index is 784. The lowest BCUT2D eigenvalue weighted by Crippen LogP contribution is -2.51. The average molecular weight is 501 g/mol. The van der Waals surface area contributed by atoms with Crippen molar-refractivity contribution in [2.45, 2.75) is 77.0 Å². The summed E-state index contributed by atoms with van der Waals surface area (Å²) in [5.41, 5.74) is -0.729. The second kappa shape index (κ2) is 9.32. The lowest BCUT2D eigenvalue weighted by molar-refractivity contribution is -0.173. The summed E-state index contributed by atoms with van der Waals surface area (Å²) >= 11 is 0. The molecule has 0 unspecified atom stereocenters. The molecule has 0 aromatic carbocycles. The number of hydrogen-bond donors (Lipinski definition) is 2. The Balaban J connectivity index is 0.861. The highest BCUT2D eigenvalue weighted by Gasteiger charge is 2.56. The second-order valence-electron chi connectivity index (χ2n) is 13.2. The van der Waals surface area contributed by atoms with Crippen LogP contribution in [0.1, 0.15) is 77.0 Å². The Morgan fingerprint density at radius 1 is 0.528 bits per heavy atom. The van der Waals surface area contributed by atoms with E-state index in [-0.39, 0.29) is 60.9 Å². The monoisotopic (exact) mass is 500 g/mol. The summed E-state index contributed by atoms with van der Waals surface area (Å²) < 4.78 is 10.9. The first-order chi connectivity index (χ1) is 17.3. The van der Waals surface area contributed by atoms with Crippen LogP contribution in [0.5, 0.6) is 0 Å². The molecule has 0 radical (unpaired) electrons. The van der Waals surface area contributed by atoms with Gasteiger partial charge in [-0.1, -0.05) is 0 Å². The minimum absolute atomic E-state index is 0.203. The molecule has 8 saturated carbocycles. The lowest BCUT2D eigenvalue weighted by Gasteiger charge is -2.55. The molecule has 0 aromatic rings. The maximum absolute atomic E-state index is 12.8. The third-order valence-electron chi connectivity index (χ3n) is 10.4. The minimum atomic E-state index is -0.365. The molecule has 8 aliphatic rings. The van der Waals surface area contributed by atoms with Crippen molar-refractivity contribution in [1.82, 2.24) is 10.6 Å². The molecule has 0 atom stereocenters. The first kappa shape index (κ1) is 24.2. The van der Waals surface area contributed by atoms with E-state index >= 15 is 0 Å². The Morgan fingerprint density at radius 3 is 1.08 bits per heavy atom. The first-order valence-electron chi connectivity index (χ1n) is 14.2. The van der Waals surface area contributed by atoms with Gasteiger partial charge in [0.25, 0.3) is 11.8 Å². The zero-order valence-electron chi connectivity index (χ0n) is 21.2. The van der Waals surface area contributed by atoms with Gasteiger partial charge in [0.05, 0.1) is 10.8 Å². The van der Waals surface area contributed by atoms with Crippen LogP contribution in [0.4, 0.5) is 0 Å². The van der Waals surface area contributed by atoms with Crippen LogP contribution < -0.4 is 10.6 Å². The van der Waals surface area contributed by atoms with Gasteiger partial charge in [-0.2, -0.15) is 0 Å². The predicted octanol–water partition coefficient (Wildman–Crippen LogP) is 2.74. The molecule has 0 saturated heterocycles. The Labute approximate surface area is 213 Å². The van der Waals surface area contributed by atoms with Crippen LogP contribution in [0.25, 0.3) is 0 Å². The van der Waals surface area contributed by atoms with E-state index < -0.39 is 0 Å². The van der Waals surface area contributed by atoms with Crippen LogP contribution in [0, 0.1) is 46.3 Å². The van der Waals surface area contributed by atoms with Gasteiger partial charge >= 0.3 is 11.9 Å². The normalized spacial score (nSPS) is 41.1. The number of carbonyl (C=O) groups excluding carboxylic acids is 4. The molecular weight excluding hydrogens is 460 g/mol. The Hall–Kier alpha value is -2.12. The zero-order valence-corrected chi connectivity index (χ0v) is 21.2. The molecule has 8 aliphatic carbocycles. The van der Waals surface area contributed by atoms with Gasteiger partial charge in [0.15, 0.2) is 13.2 Å². The van der Waals surface area contributed by atoms with E-state index in [0.717, 1.165) is 38.5 Å². The molecule has 0 spiro atoms. The van der Waals surface area contributed by atoms with Crippen LogP contribution in [0.2, 0.25) is 0 Å². The van der Waals surface area contributed by atoms with Gasteiger partial charge in [0.2, 0.25) is 0 Å². The fourth-order valence-corrected chi connectivity index (χ4v) is 9.80. The number of rotatable bonds is 9. The van der Waals surface area contributed by atoms with Gasteiger partial charge in [0.1, 0.15) is 0 Å². The summed E-state index contributed by atoms with van der Waals surface area (Å²) in [6.45, 7) is -0.112. The van der Waals surface area contributed by atoms with E-state index in [0.29, 0.717) is 35.5 Å². The molecule has 0 heterocycles. The van der Waals surface area contributed by atoms with Crippen molar-refractivity contribution < 1.29 is 28.7 Å². The van der Waals surface area contributed by atoms with Crippen LogP contribution in [0.15, 0.2) is 0 Å². The van der Waals surface area contributed by atoms with Crippen LogP contribution in [0.3, 0.4) is 0 Å². The third-order valence-corrected chi connectivity index (χ3v) is 10.4. The van der Waals surface area contributed by atoms with Crippen molar-refractivity contribution in [3.63, 3.8) is 0 Å². The van der Waals surface area contributed by atoms with E-state index in [2.05, 4.69) is 10.6 Å². The topological polar surface area (TPSA) is 111 Å². The number of ether oxygens (including phenoxy) is 2. The molecule has 2 amide bonds. The summed E-state index contributed by atoms with van der Waals surface area (Å²) in [7, 11) is 0. The largest absolute Gasteiger partial charge is 0.455 e. The molecule has 8 bridgehead atoms. The molecule has 8 rings (SSSR count). The quantitative estimate of drug-likeness (QED) is 0.372. The average Bonchev–Trinajstić information content (AvgIpc) is 2.82. The van der Waals surface area contributed by atoms with Crippen molar-refractivity contribution in [3.8, 4) is 0 Å². The smallest absolute Gasteiger partial charge is 0.312 e. The number of nitrogens with one attached hydrogen (secondary N) is 2. The van der Waals surface area contributed by atoms with Crippen LogP contribution in [-0.4, -0.2) is 50.1 Å². The molecule has 8 heteroatoms. The number of amides is 2. The fourth-order valence-electron chi connectivity index (χ4n) is 9.80. The van der Waals surface area contributed by atoms with Crippen LogP contribution >= 0.6 is 0 Å². The molecular formula is C28H40N2O6. The van der Waals surface area contributed by atoms with E-state index in [4.69, 9.17) is 9.47 Å². The molecule has 0 aliphatic heterocycles. The van der Waals surface area contributed by atoms with Gasteiger partial charge in [-0.25, -0.2) is 0 Å². The standard InChI is InChI=1S/C28H40N2O6/c31-23(15-35-25(33)27-9-17-3-18(10-27)5-19(4-17)11-27)29-1-2-30-24(32)16-36-26(34)28-12-20-6-21(13-28)8-22(7-20)14-28/h17-22H,1-16H2,(H,29,31)(H,30,32). The van der Waals surface area contributed by atoms with Crippen molar-refractivity contribution in [3.05, 3.63) is 0 Å². The van der Waals surface area contributed by atoms with Gasteiger partial charge < -0.3 is 20.1 Å². The lowest BCUT2D eigenvalue weighted by atomic mass is 9.49. The maximum Gasteiger partial charge on any atom is 0.312 e. The minimum Gasteiger partial charge on any atom is -0.455 e. The molecule has 8 nitrogen and oxygen atoms in total. The van der Waals surface area contributed by atoms with E-state index in [1.54, 1.807) is 0 Å². The van der Waals surface area contributed by atoms with Crippen molar-refractivity contribution in [2.75, 3.05) is 26.3 Å². The number of hydrogen-bond acceptors (Lipinski definition) is 6. The SMILES string of the molecule is O=C(COC(=O)C12CC3CC(CC(C3)C1)C2)NCCNC(=O)COC(=O)C12CC3CC(CC(C3)C1)C2. The zero-order chi connectivity index (χ0) is 24.9. The maximum atomic E-state index is 12.8. The second-order valence-corrected chi connectivity index (χ2v) is 13.2. The Morgan fingerprint density at radius 2 is 0.806 bits per heavy atom. The van der Waals surface area contributed by atoms with Crippen molar-refractivity contribution in [1.29, 1.82) is 0 Å². The molecule has 198 valence electrons. The highest BCUT2D eigenvalue weighted by molar-refractivity contribution is 5.84. The van der Waals surface area contributed by atoms with Gasteiger partial charge in [-0.3, -0.25) is 19.2 Å². The van der Waals surface area contributed by atoms with E-state index in [9.17, 15) is 19.2 Å². The first-order valence-corrected chi connectivity index (χ1v) is 14.2. The predicted molar refractivity (Wildman–Crippen MR) is 129 cm³/mol. The molecule has 2 N–H and O–H groups in total. The van der Waals surface area contributed by atoms with Crippen molar-refractivity contribution >= 4 is 23.8 Å². The summed E-state index contributed by atoms with van der Waals surface area (Å²) in [6.07, 6.45) is 13.0. The summed E-state index contributed by atoms with van der Waals surface area (Å²) in [4.78, 5) is 50.0. The highest BCUT2D eigenvalue weighted by atomic mass is 16.5. The van der Waals surface area contributed by atoms with Gasteiger partial charge in [-0.15, -0.1) is 0 Å². The molecule has 8 fully saturated rings. The Kier molecular flexibility index (Phi) is 6.27. The van der Waals surface area contributed by atoms with Gasteiger partial charge in [-0.05, 0) is 113 Å². The van der Waals surface area contributed by atoms with E-state index in [1.165, 1.54) is 38.5 Å². The summed E-state index contributed by atoms with van der Waals surface area (Å²) in [6, 6.07) is 0. The van der Waals surface area contributed by atoms with Crippen LogP contribution in [-0.2, 0) is 28.7 Å². The van der Waals surface area contributed by atoms with E-state index in [1.807, 2.05) is 0 Å². The number of esters is 2. The number of carbonyl (C=O) groups is 4. The highest BCUT2D eigenvalue weighted by Crippen LogP contribution is 2.61. The summed E-state index contributed by atoms with van der Waals surface area (Å²) in [5, 5.41) is 5.36. The molecule has 36 heavy (non-hydrogen) atoms. The summed E-state index contributed by atoms with van der Waals surface area (Å²) in [5.74, 6) is 2.74. The van der Waals surface area contributed by atoms with Gasteiger partial charge in [0, 0.05) is 13.1 Å². The molecule has 0 aromatic heterocycles. The fraction of sp³-hybridized carbons (Fsp3) is 0.857.